The minimum absolute atomic E-state index is 0.0265. The van der Waals surface area contributed by atoms with Crippen LogP contribution >= 0.6 is 0 Å². The van der Waals surface area contributed by atoms with Crippen LogP contribution in [0, 0.1) is 23.2 Å². The maximum Gasteiger partial charge on any atom is 0.310 e. The third-order valence-corrected chi connectivity index (χ3v) is 6.62. The van der Waals surface area contributed by atoms with Gasteiger partial charge in [0.25, 0.3) is 0 Å². The van der Waals surface area contributed by atoms with Crippen LogP contribution in [-0.2, 0) is 9.53 Å². The molecule has 1 heterocycles. The molecule has 124 valence electrons. The Kier molecular flexibility index (Phi) is 4.37. The van der Waals surface area contributed by atoms with E-state index in [2.05, 4.69) is 32.7 Å². The number of nitrogens with one attached hydrogen (secondary N) is 1. The second-order valence-corrected chi connectivity index (χ2v) is 8.12. The van der Waals surface area contributed by atoms with E-state index in [1.165, 1.54) is 24.8 Å². The van der Waals surface area contributed by atoms with Crippen molar-refractivity contribution >= 4 is 5.97 Å². The van der Waals surface area contributed by atoms with E-state index >= 15 is 0 Å². The van der Waals surface area contributed by atoms with Crippen LogP contribution in [0.5, 0.6) is 0 Å². The number of carbonyl (C=O) groups excluding carboxylic acids is 1. The van der Waals surface area contributed by atoms with Crippen LogP contribution in [0.15, 0.2) is 12.2 Å². The van der Waals surface area contributed by atoms with Crippen molar-refractivity contribution in [2.75, 3.05) is 6.54 Å². The van der Waals surface area contributed by atoms with E-state index in [1.807, 2.05) is 0 Å². The topological polar surface area (TPSA) is 38.3 Å². The SMILES string of the molecule is C=C1CCC[C@]2(C)C[C@H]3OC(=O)[C@@H](CN[C@@H](C)CC)[C@H]3C[C@H]12. The minimum atomic E-state index is 0.0265. The zero-order valence-corrected chi connectivity index (χ0v) is 14.4. The molecule has 1 aliphatic heterocycles. The summed E-state index contributed by atoms with van der Waals surface area (Å²) < 4.78 is 5.78. The molecule has 0 spiro atoms. The highest BCUT2D eigenvalue weighted by Gasteiger charge is 2.54. The molecule has 0 unspecified atom stereocenters. The third kappa shape index (κ3) is 2.73. The average molecular weight is 305 g/mol. The number of carbonyl (C=O) groups is 1. The highest BCUT2D eigenvalue weighted by Crippen LogP contribution is 2.56. The monoisotopic (exact) mass is 305 g/mol. The van der Waals surface area contributed by atoms with Crippen LogP contribution in [0.25, 0.3) is 0 Å². The van der Waals surface area contributed by atoms with E-state index in [0.717, 1.165) is 25.8 Å². The summed E-state index contributed by atoms with van der Waals surface area (Å²) in [6, 6.07) is 0.463. The van der Waals surface area contributed by atoms with Crippen molar-refractivity contribution in [2.45, 2.75) is 71.4 Å². The molecule has 1 saturated heterocycles. The van der Waals surface area contributed by atoms with Gasteiger partial charge in [-0.2, -0.15) is 0 Å². The van der Waals surface area contributed by atoms with E-state index in [4.69, 9.17) is 4.74 Å². The molecule has 0 aromatic carbocycles. The summed E-state index contributed by atoms with van der Waals surface area (Å²) in [5, 5.41) is 3.51. The molecular formula is C19H31NO2. The fourth-order valence-corrected chi connectivity index (χ4v) is 4.96. The molecule has 0 bridgehead atoms. The predicted octanol–water partition coefficient (Wildman–Crippen LogP) is 3.69. The normalized spacial score (nSPS) is 42.5. The summed E-state index contributed by atoms with van der Waals surface area (Å²) in [6.45, 7) is 11.9. The van der Waals surface area contributed by atoms with Gasteiger partial charge in [0.1, 0.15) is 6.10 Å². The van der Waals surface area contributed by atoms with Gasteiger partial charge in [0.15, 0.2) is 0 Å². The summed E-state index contributed by atoms with van der Waals surface area (Å²) in [5.74, 6) is 1.04. The van der Waals surface area contributed by atoms with Crippen LogP contribution in [0.2, 0.25) is 0 Å². The lowest BCUT2D eigenvalue weighted by Gasteiger charge is -2.50. The van der Waals surface area contributed by atoms with Gasteiger partial charge < -0.3 is 10.1 Å². The minimum Gasteiger partial charge on any atom is -0.462 e. The fraction of sp³-hybridized carbons (Fsp3) is 0.842. The molecule has 22 heavy (non-hydrogen) atoms. The molecule has 0 aromatic rings. The first-order valence-corrected chi connectivity index (χ1v) is 9.06. The van der Waals surface area contributed by atoms with Gasteiger partial charge >= 0.3 is 5.97 Å². The molecule has 6 atom stereocenters. The summed E-state index contributed by atoms with van der Waals surface area (Å²) in [5.41, 5.74) is 1.72. The van der Waals surface area contributed by atoms with Crippen LogP contribution in [0.1, 0.15) is 59.3 Å². The summed E-state index contributed by atoms with van der Waals surface area (Å²) in [4.78, 5) is 12.3. The molecule has 3 heteroatoms. The molecule has 1 N–H and O–H groups in total. The largest absolute Gasteiger partial charge is 0.462 e. The standard InChI is InChI=1S/C19H31NO2/c1-5-13(3)20-11-15-14-9-16-12(2)7-6-8-19(16,4)10-17(14)22-18(15)21/h13-17,20H,2,5-11H2,1,3-4H3/t13-,14+,15-,16+,17+,19+/m0/s1. The van der Waals surface area contributed by atoms with E-state index in [9.17, 15) is 4.79 Å². The van der Waals surface area contributed by atoms with Crippen molar-refractivity contribution in [1.82, 2.24) is 5.32 Å². The van der Waals surface area contributed by atoms with E-state index < -0.39 is 0 Å². The number of rotatable bonds is 4. The Morgan fingerprint density at radius 3 is 3.00 bits per heavy atom. The maximum atomic E-state index is 12.3. The van der Waals surface area contributed by atoms with Gasteiger partial charge in [-0.15, -0.1) is 0 Å². The second kappa shape index (κ2) is 5.99. The number of hydrogen-bond donors (Lipinski definition) is 1. The van der Waals surface area contributed by atoms with Crippen LogP contribution < -0.4 is 5.32 Å². The smallest absolute Gasteiger partial charge is 0.310 e. The number of esters is 1. The Labute approximate surface area is 134 Å². The van der Waals surface area contributed by atoms with Crippen LogP contribution in [-0.4, -0.2) is 24.7 Å². The number of fused-ring (bicyclic) bond motifs is 2. The zero-order valence-electron chi connectivity index (χ0n) is 14.4. The van der Waals surface area contributed by atoms with Gasteiger partial charge in [-0.25, -0.2) is 0 Å². The van der Waals surface area contributed by atoms with Gasteiger partial charge in [0.2, 0.25) is 0 Å². The Bertz CT molecular complexity index is 460. The Morgan fingerprint density at radius 2 is 2.27 bits per heavy atom. The summed E-state index contributed by atoms with van der Waals surface area (Å²) in [7, 11) is 0. The van der Waals surface area contributed by atoms with E-state index in [-0.39, 0.29) is 18.0 Å². The predicted molar refractivity (Wildman–Crippen MR) is 88.4 cm³/mol. The quantitative estimate of drug-likeness (QED) is 0.636. The first kappa shape index (κ1) is 16.0. The van der Waals surface area contributed by atoms with Crippen LogP contribution in [0.4, 0.5) is 0 Å². The molecule has 0 radical (unpaired) electrons. The van der Waals surface area contributed by atoms with Crippen molar-refractivity contribution in [2.24, 2.45) is 23.2 Å². The molecular weight excluding hydrogens is 274 g/mol. The lowest BCUT2D eigenvalue weighted by Crippen LogP contribution is -2.45. The van der Waals surface area contributed by atoms with E-state index in [0.29, 0.717) is 23.3 Å². The Balaban J connectivity index is 1.73. The number of hydrogen-bond acceptors (Lipinski definition) is 3. The second-order valence-electron chi connectivity index (χ2n) is 8.12. The lowest BCUT2D eigenvalue weighted by atomic mass is 9.55. The fourth-order valence-electron chi connectivity index (χ4n) is 4.96. The Morgan fingerprint density at radius 1 is 1.50 bits per heavy atom. The molecule has 2 aliphatic carbocycles. The molecule has 3 nitrogen and oxygen atoms in total. The first-order valence-electron chi connectivity index (χ1n) is 9.06. The van der Waals surface area contributed by atoms with Gasteiger partial charge in [-0.1, -0.05) is 26.0 Å². The lowest BCUT2D eigenvalue weighted by molar-refractivity contribution is -0.146. The average Bonchev–Trinajstić information content (AvgIpc) is 2.77. The van der Waals surface area contributed by atoms with Crippen molar-refractivity contribution in [3.05, 3.63) is 12.2 Å². The van der Waals surface area contributed by atoms with Gasteiger partial charge in [-0.05, 0) is 56.8 Å². The molecule has 0 aromatic heterocycles. The molecule has 3 fully saturated rings. The van der Waals surface area contributed by atoms with Crippen LogP contribution in [0.3, 0.4) is 0 Å². The maximum absolute atomic E-state index is 12.3. The molecule has 0 amide bonds. The van der Waals surface area contributed by atoms with Crippen molar-refractivity contribution < 1.29 is 9.53 Å². The third-order valence-electron chi connectivity index (χ3n) is 6.62. The molecule has 3 aliphatic rings. The van der Waals surface area contributed by atoms with Crippen molar-refractivity contribution in [3.63, 3.8) is 0 Å². The van der Waals surface area contributed by atoms with Gasteiger partial charge in [-0.3, -0.25) is 4.79 Å². The van der Waals surface area contributed by atoms with Crippen molar-refractivity contribution in [1.29, 1.82) is 0 Å². The summed E-state index contributed by atoms with van der Waals surface area (Å²) >= 11 is 0. The highest BCUT2D eigenvalue weighted by atomic mass is 16.6. The zero-order chi connectivity index (χ0) is 15.9. The van der Waals surface area contributed by atoms with E-state index in [1.54, 1.807) is 0 Å². The summed E-state index contributed by atoms with van der Waals surface area (Å²) in [6.07, 6.45) is 7.04. The molecule has 2 saturated carbocycles. The Hall–Kier alpha value is -0.830. The first-order chi connectivity index (χ1) is 10.4. The number of ether oxygens (including phenoxy) is 1. The van der Waals surface area contributed by atoms with Crippen molar-refractivity contribution in [3.8, 4) is 0 Å². The highest BCUT2D eigenvalue weighted by molar-refractivity contribution is 5.75. The molecule has 3 rings (SSSR count). The number of allylic oxidation sites excluding steroid dienone is 1. The van der Waals surface area contributed by atoms with Gasteiger partial charge in [0, 0.05) is 18.5 Å². The van der Waals surface area contributed by atoms with Gasteiger partial charge in [0.05, 0.1) is 5.92 Å².